The van der Waals surface area contributed by atoms with Crippen LogP contribution in [0.1, 0.15) is 0 Å². The van der Waals surface area contributed by atoms with E-state index in [1.807, 2.05) is 4.90 Å². The molecule has 0 saturated carbocycles. The lowest BCUT2D eigenvalue weighted by atomic mass is 10.0. The average Bonchev–Trinajstić information content (AvgIpc) is 2.57. The highest BCUT2D eigenvalue weighted by Gasteiger charge is 2.41. The smallest absolute Gasteiger partial charge is 0.407 e. The number of thiocarbonyl (C=S) groups is 1. The number of nitrogens with zero attached hydrogens (tertiary/aromatic N) is 2. The van der Waals surface area contributed by atoms with E-state index in [4.69, 9.17) is 23.1 Å². The van der Waals surface area contributed by atoms with Gasteiger partial charge in [-0.25, -0.2) is 4.79 Å². The Morgan fingerprint density at radius 1 is 1.21 bits per heavy atom. The van der Waals surface area contributed by atoms with Gasteiger partial charge in [0.05, 0.1) is 0 Å². The zero-order valence-corrected chi connectivity index (χ0v) is 8.54. The van der Waals surface area contributed by atoms with Crippen molar-refractivity contribution < 1.29 is 9.90 Å². The molecule has 5 nitrogen and oxygen atoms in total. The third-order valence-corrected chi connectivity index (χ3v) is 3.33. The third-order valence-electron chi connectivity index (χ3n) is 3.07. The second-order valence-corrected chi connectivity index (χ2v) is 4.37. The van der Waals surface area contributed by atoms with Gasteiger partial charge in [-0.05, 0) is 12.2 Å². The van der Waals surface area contributed by atoms with Gasteiger partial charge in [0.1, 0.15) is 0 Å². The molecule has 0 aromatic heterocycles. The van der Waals surface area contributed by atoms with E-state index >= 15 is 0 Å². The Hall–Kier alpha value is -1.04. The zero-order chi connectivity index (χ0) is 10.3. The Labute approximate surface area is 87.5 Å². The number of carbonyl (C=O) groups is 1. The summed E-state index contributed by atoms with van der Waals surface area (Å²) in [5, 5.41) is 9.24. The molecule has 1 amide bonds. The summed E-state index contributed by atoms with van der Waals surface area (Å²) in [6.07, 6.45) is -0.818. The minimum Gasteiger partial charge on any atom is -0.465 e. The Kier molecular flexibility index (Phi) is 2.22. The molecule has 78 valence electrons. The first-order valence-electron chi connectivity index (χ1n) is 4.60. The second kappa shape index (κ2) is 3.27. The largest absolute Gasteiger partial charge is 0.465 e. The van der Waals surface area contributed by atoms with Gasteiger partial charge in [-0.15, -0.1) is 0 Å². The maximum absolute atomic E-state index is 10.7. The summed E-state index contributed by atoms with van der Waals surface area (Å²) in [5.41, 5.74) is 5.52. The van der Waals surface area contributed by atoms with Crippen molar-refractivity contribution >= 4 is 23.4 Å². The molecule has 2 atom stereocenters. The zero-order valence-electron chi connectivity index (χ0n) is 7.72. The number of likely N-dealkylation sites (tertiary alicyclic amines) is 2. The van der Waals surface area contributed by atoms with E-state index in [1.54, 1.807) is 0 Å². The van der Waals surface area contributed by atoms with Gasteiger partial charge in [-0.3, -0.25) is 0 Å². The van der Waals surface area contributed by atoms with Gasteiger partial charge >= 0.3 is 6.09 Å². The molecule has 6 heteroatoms. The van der Waals surface area contributed by atoms with Gasteiger partial charge in [0.2, 0.25) is 0 Å². The van der Waals surface area contributed by atoms with Crippen molar-refractivity contribution in [2.24, 2.45) is 17.6 Å². The predicted molar refractivity (Wildman–Crippen MR) is 54.9 cm³/mol. The summed E-state index contributed by atoms with van der Waals surface area (Å²) in [5.74, 6) is 0.820. The molecule has 0 aliphatic carbocycles. The van der Waals surface area contributed by atoms with Crippen molar-refractivity contribution in [3.05, 3.63) is 0 Å². The van der Waals surface area contributed by atoms with Crippen LogP contribution in [-0.4, -0.2) is 52.3 Å². The normalized spacial score (nSPS) is 30.6. The fourth-order valence-corrected chi connectivity index (χ4v) is 2.48. The van der Waals surface area contributed by atoms with Crippen LogP contribution in [0.2, 0.25) is 0 Å². The van der Waals surface area contributed by atoms with Crippen LogP contribution in [0, 0.1) is 11.8 Å². The van der Waals surface area contributed by atoms with E-state index in [0.717, 1.165) is 13.1 Å². The second-order valence-electron chi connectivity index (χ2n) is 3.95. The summed E-state index contributed by atoms with van der Waals surface area (Å²) >= 11 is 4.89. The fourth-order valence-electron chi connectivity index (χ4n) is 2.33. The van der Waals surface area contributed by atoms with Gasteiger partial charge in [-0.2, -0.15) is 0 Å². The topological polar surface area (TPSA) is 69.8 Å². The van der Waals surface area contributed by atoms with Gasteiger partial charge in [0.15, 0.2) is 5.11 Å². The molecule has 2 saturated heterocycles. The van der Waals surface area contributed by atoms with E-state index in [9.17, 15) is 4.79 Å². The Morgan fingerprint density at radius 2 is 1.64 bits per heavy atom. The number of amides is 1. The molecule has 2 heterocycles. The molecule has 2 fully saturated rings. The van der Waals surface area contributed by atoms with E-state index < -0.39 is 6.09 Å². The molecular weight excluding hydrogens is 202 g/mol. The molecule has 0 radical (unpaired) electrons. The SMILES string of the molecule is NC(=S)N1CC2CN(C(=O)O)CC2C1. The standard InChI is InChI=1S/C8H13N3O2S/c9-7(14)10-1-5-3-11(8(12)13)4-6(5)2-10/h5-6H,1-4H2,(H2,9,14)(H,12,13). The monoisotopic (exact) mass is 215 g/mol. The molecule has 0 spiro atoms. The molecule has 2 unspecified atom stereocenters. The highest BCUT2D eigenvalue weighted by molar-refractivity contribution is 7.80. The lowest BCUT2D eigenvalue weighted by Gasteiger charge is -2.19. The Balaban J connectivity index is 1.96. The number of fused-ring (bicyclic) bond motifs is 1. The highest BCUT2D eigenvalue weighted by atomic mass is 32.1. The van der Waals surface area contributed by atoms with Crippen LogP contribution in [0.3, 0.4) is 0 Å². The summed E-state index contributed by atoms with van der Waals surface area (Å²) in [6.45, 7) is 2.87. The summed E-state index contributed by atoms with van der Waals surface area (Å²) in [6, 6.07) is 0. The van der Waals surface area contributed by atoms with E-state index in [0.29, 0.717) is 30.0 Å². The van der Waals surface area contributed by atoms with Crippen LogP contribution < -0.4 is 5.73 Å². The minimum atomic E-state index is -0.818. The molecule has 0 aromatic carbocycles. The molecule has 3 N–H and O–H groups in total. The average molecular weight is 215 g/mol. The van der Waals surface area contributed by atoms with Crippen molar-refractivity contribution in [2.75, 3.05) is 26.2 Å². The lowest BCUT2D eigenvalue weighted by molar-refractivity contribution is 0.151. The molecule has 0 aromatic rings. The van der Waals surface area contributed by atoms with Gasteiger partial charge in [-0.1, -0.05) is 0 Å². The molecule has 14 heavy (non-hydrogen) atoms. The maximum Gasteiger partial charge on any atom is 0.407 e. The highest BCUT2D eigenvalue weighted by Crippen LogP contribution is 2.30. The third kappa shape index (κ3) is 1.50. The van der Waals surface area contributed by atoms with Crippen LogP contribution in [0.5, 0.6) is 0 Å². The van der Waals surface area contributed by atoms with E-state index in [-0.39, 0.29) is 0 Å². The van der Waals surface area contributed by atoms with Crippen molar-refractivity contribution in [3.8, 4) is 0 Å². The molecule has 0 bridgehead atoms. The van der Waals surface area contributed by atoms with Gasteiger partial charge in [0, 0.05) is 38.0 Å². The van der Waals surface area contributed by atoms with Gasteiger partial charge in [0.25, 0.3) is 0 Å². The van der Waals surface area contributed by atoms with Crippen LogP contribution >= 0.6 is 12.2 Å². The van der Waals surface area contributed by atoms with Crippen molar-refractivity contribution in [1.29, 1.82) is 0 Å². The first-order valence-corrected chi connectivity index (χ1v) is 5.01. The number of rotatable bonds is 0. The summed E-state index contributed by atoms with van der Waals surface area (Å²) in [7, 11) is 0. The number of hydrogen-bond acceptors (Lipinski definition) is 2. The van der Waals surface area contributed by atoms with Crippen LogP contribution in [0.25, 0.3) is 0 Å². The van der Waals surface area contributed by atoms with Crippen LogP contribution in [0.15, 0.2) is 0 Å². The molecule has 2 aliphatic heterocycles. The molecule has 2 rings (SSSR count). The number of carboxylic acid groups (broad SMARTS) is 1. The number of hydrogen-bond donors (Lipinski definition) is 2. The Morgan fingerprint density at radius 3 is 2.00 bits per heavy atom. The Bertz CT molecular complexity index is 244. The van der Waals surface area contributed by atoms with Crippen molar-refractivity contribution in [1.82, 2.24) is 9.80 Å². The summed E-state index contributed by atoms with van der Waals surface area (Å²) < 4.78 is 0. The van der Waals surface area contributed by atoms with Gasteiger partial charge < -0.3 is 20.6 Å². The molecule has 2 aliphatic rings. The quantitative estimate of drug-likeness (QED) is 0.546. The van der Waals surface area contributed by atoms with Crippen molar-refractivity contribution in [3.63, 3.8) is 0 Å². The van der Waals surface area contributed by atoms with E-state index in [1.165, 1.54) is 4.90 Å². The predicted octanol–water partition coefficient (Wildman–Crippen LogP) is -0.228. The first-order chi connectivity index (χ1) is 6.58. The lowest BCUT2D eigenvalue weighted by Crippen LogP contribution is -2.37. The molecular formula is C8H13N3O2S. The van der Waals surface area contributed by atoms with Crippen molar-refractivity contribution in [2.45, 2.75) is 0 Å². The van der Waals surface area contributed by atoms with E-state index in [2.05, 4.69) is 0 Å². The first kappa shape index (κ1) is 9.51. The van der Waals surface area contributed by atoms with Crippen LogP contribution in [-0.2, 0) is 0 Å². The maximum atomic E-state index is 10.7. The fraction of sp³-hybridized carbons (Fsp3) is 0.750. The summed E-state index contributed by atoms with van der Waals surface area (Å²) in [4.78, 5) is 14.2. The minimum absolute atomic E-state index is 0.410. The number of nitrogens with two attached hydrogens (primary N) is 1. The van der Waals surface area contributed by atoms with Crippen LogP contribution in [0.4, 0.5) is 4.79 Å².